The van der Waals surface area contributed by atoms with Crippen LogP contribution in [-0.4, -0.2) is 54.0 Å². The van der Waals surface area contributed by atoms with Gasteiger partial charge >= 0.3 is 12.1 Å². The topological polar surface area (TPSA) is 122 Å². The van der Waals surface area contributed by atoms with Crippen molar-refractivity contribution in [2.24, 2.45) is 4.99 Å². The molecule has 0 radical (unpaired) electrons. The number of amidine groups is 1. The Labute approximate surface area is 313 Å². The number of carbonyl (C=O) groups excluding carboxylic acids is 1. The number of hydrogen-bond donors (Lipinski definition) is 0. The van der Waals surface area contributed by atoms with Crippen molar-refractivity contribution in [2.45, 2.75) is 13.2 Å². The molecule has 1 amide bonds. The lowest BCUT2D eigenvalue weighted by Crippen LogP contribution is -2.26. The van der Waals surface area contributed by atoms with Crippen LogP contribution in [0, 0.1) is 11.3 Å². The quantitative estimate of drug-likeness (QED) is 0.122. The molecule has 6 aromatic rings. The molecule has 0 saturated carbocycles. The molecule has 0 saturated heterocycles. The zero-order valence-electron chi connectivity index (χ0n) is 29.8. The molecule has 1 aliphatic rings. The average molecular weight is 717 g/mol. The van der Waals surface area contributed by atoms with Gasteiger partial charge in [0.15, 0.2) is 11.5 Å². The van der Waals surface area contributed by atoms with E-state index < -0.39 is 6.09 Å². The number of nitrogens with zero attached hydrogens (tertiary/aromatic N) is 6. The van der Waals surface area contributed by atoms with E-state index in [-0.39, 0.29) is 25.1 Å². The van der Waals surface area contributed by atoms with Gasteiger partial charge in [-0.3, -0.25) is 9.89 Å². The summed E-state index contributed by atoms with van der Waals surface area (Å²) in [5.41, 5.74) is 4.85. The SMILES string of the molecule is CN1CCN=C1c1cccc(Oc2nc(Oc3cc(C#N)ccc3OCc3ccccc3)cc(-c3cccc(N(C)C(=O)OCc4ccccc4)c3)n2)c1. The van der Waals surface area contributed by atoms with E-state index >= 15 is 0 Å². The normalized spacial score (nSPS) is 12.0. The van der Waals surface area contributed by atoms with Gasteiger partial charge in [-0.05, 0) is 47.5 Å². The van der Waals surface area contributed by atoms with Gasteiger partial charge in [-0.15, -0.1) is 0 Å². The molecule has 268 valence electrons. The third-order valence-electron chi connectivity index (χ3n) is 8.57. The Bertz CT molecular complexity index is 2330. The highest BCUT2D eigenvalue weighted by molar-refractivity contribution is 5.99. The smallest absolute Gasteiger partial charge is 0.414 e. The highest BCUT2D eigenvalue weighted by Crippen LogP contribution is 2.36. The van der Waals surface area contributed by atoms with Crippen LogP contribution < -0.4 is 19.1 Å². The standard InChI is InChI=1S/C43H36N6O5/c1-48-22-21-45-41(48)34-16-10-18-36(25-34)53-42-46-37(33-15-9-17-35(24-33)49(2)43(50)52-29-31-13-7-4-8-14-31)26-40(47-42)54-39-23-32(27-44)19-20-38(39)51-28-30-11-5-3-6-12-30/h3-20,23-26H,21-22,28-29H2,1-2H3. The molecule has 0 bridgehead atoms. The van der Waals surface area contributed by atoms with Crippen molar-refractivity contribution in [3.05, 3.63) is 156 Å². The molecule has 1 aliphatic heterocycles. The fourth-order valence-corrected chi connectivity index (χ4v) is 5.72. The number of aliphatic imine (C=N–C) groups is 1. The number of nitriles is 1. The first-order valence-corrected chi connectivity index (χ1v) is 17.3. The summed E-state index contributed by atoms with van der Waals surface area (Å²) in [6.45, 7) is 2.00. The van der Waals surface area contributed by atoms with E-state index in [0.717, 1.165) is 35.6 Å². The first kappa shape index (κ1) is 35.2. The lowest BCUT2D eigenvalue weighted by molar-refractivity contribution is 0.148. The van der Waals surface area contributed by atoms with Crippen LogP contribution in [0.1, 0.15) is 22.3 Å². The summed E-state index contributed by atoms with van der Waals surface area (Å²) in [6.07, 6.45) is -0.510. The van der Waals surface area contributed by atoms with E-state index in [1.54, 1.807) is 37.4 Å². The van der Waals surface area contributed by atoms with Crippen LogP contribution in [-0.2, 0) is 18.0 Å². The van der Waals surface area contributed by atoms with Gasteiger partial charge in [0, 0.05) is 49.6 Å². The Kier molecular flexibility index (Phi) is 10.7. The van der Waals surface area contributed by atoms with Crippen molar-refractivity contribution in [3.8, 4) is 46.5 Å². The molecule has 2 heterocycles. The number of likely N-dealkylation sites (N-methyl/N-ethyl adjacent to an activating group) is 1. The zero-order chi connectivity index (χ0) is 37.3. The van der Waals surface area contributed by atoms with Crippen LogP contribution in [0.4, 0.5) is 10.5 Å². The van der Waals surface area contributed by atoms with E-state index in [2.05, 4.69) is 20.9 Å². The minimum Gasteiger partial charge on any atom is -0.485 e. The van der Waals surface area contributed by atoms with Crippen molar-refractivity contribution in [1.29, 1.82) is 5.26 Å². The van der Waals surface area contributed by atoms with Gasteiger partial charge < -0.3 is 23.8 Å². The third-order valence-corrected chi connectivity index (χ3v) is 8.57. The molecule has 0 unspecified atom stereocenters. The number of benzene rings is 5. The Morgan fingerprint density at radius 3 is 2.26 bits per heavy atom. The lowest BCUT2D eigenvalue weighted by atomic mass is 10.1. The van der Waals surface area contributed by atoms with Crippen molar-refractivity contribution in [1.82, 2.24) is 14.9 Å². The summed E-state index contributed by atoms with van der Waals surface area (Å²) in [5, 5.41) is 9.71. The van der Waals surface area contributed by atoms with Crippen LogP contribution in [0.2, 0.25) is 0 Å². The predicted molar refractivity (Wildman–Crippen MR) is 205 cm³/mol. The molecule has 5 aromatic carbocycles. The maximum Gasteiger partial charge on any atom is 0.414 e. The van der Waals surface area contributed by atoms with Gasteiger partial charge in [0.2, 0.25) is 5.88 Å². The third kappa shape index (κ3) is 8.63. The van der Waals surface area contributed by atoms with E-state index in [0.29, 0.717) is 39.8 Å². The molecular weight excluding hydrogens is 681 g/mol. The number of anilines is 1. The molecule has 0 atom stereocenters. The van der Waals surface area contributed by atoms with E-state index in [1.807, 2.05) is 110 Å². The van der Waals surface area contributed by atoms with Crippen molar-refractivity contribution in [3.63, 3.8) is 0 Å². The molecule has 7 rings (SSSR count). The number of aromatic nitrogens is 2. The number of hydrogen-bond acceptors (Lipinski definition) is 10. The van der Waals surface area contributed by atoms with Crippen molar-refractivity contribution < 1.29 is 23.7 Å². The lowest BCUT2D eigenvalue weighted by Gasteiger charge is -2.18. The van der Waals surface area contributed by atoms with Crippen molar-refractivity contribution in [2.75, 3.05) is 32.1 Å². The van der Waals surface area contributed by atoms with E-state index in [4.69, 9.17) is 23.9 Å². The molecule has 54 heavy (non-hydrogen) atoms. The summed E-state index contributed by atoms with van der Waals surface area (Å²) >= 11 is 0. The van der Waals surface area contributed by atoms with Crippen LogP contribution in [0.15, 0.2) is 138 Å². The van der Waals surface area contributed by atoms with Crippen LogP contribution in [0.25, 0.3) is 11.3 Å². The Morgan fingerprint density at radius 1 is 0.778 bits per heavy atom. The largest absolute Gasteiger partial charge is 0.485 e. The second-order valence-corrected chi connectivity index (χ2v) is 12.4. The van der Waals surface area contributed by atoms with Crippen molar-refractivity contribution >= 4 is 17.6 Å². The second-order valence-electron chi connectivity index (χ2n) is 12.4. The first-order valence-electron chi connectivity index (χ1n) is 17.3. The van der Waals surface area contributed by atoms with Gasteiger partial charge in [-0.1, -0.05) is 84.9 Å². The minimum absolute atomic E-state index is 0.0191. The molecule has 0 N–H and O–H groups in total. The number of rotatable bonds is 12. The van der Waals surface area contributed by atoms with E-state index in [9.17, 15) is 10.1 Å². The van der Waals surface area contributed by atoms with Gasteiger partial charge in [-0.25, -0.2) is 4.79 Å². The molecule has 11 nitrogen and oxygen atoms in total. The van der Waals surface area contributed by atoms with E-state index in [1.165, 1.54) is 4.90 Å². The Morgan fingerprint density at radius 2 is 1.52 bits per heavy atom. The summed E-state index contributed by atoms with van der Waals surface area (Å²) in [6, 6.07) is 42.9. The number of carbonyl (C=O) groups is 1. The van der Waals surface area contributed by atoms with Gasteiger partial charge in [-0.2, -0.15) is 15.2 Å². The van der Waals surface area contributed by atoms with Crippen LogP contribution in [0.3, 0.4) is 0 Å². The highest BCUT2D eigenvalue weighted by atomic mass is 16.6. The summed E-state index contributed by atoms with van der Waals surface area (Å²) in [5.74, 6) is 2.24. The highest BCUT2D eigenvalue weighted by Gasteiger charge is 2.19. The minimum atomic E-state index is -0.510. The van der Waals surface area contributed by atoms with Crippen LogP contribution >= 0.6 is 0 Å². The molecule has 1 aromatic heterocycles. The fraction of sp³-hybridized carbons (Fsp3) is 0.140. The summed E-state index contributed by atoms with van der Waals surface area (Å²) in [7, 11) is 3.65. The Balaban J connectivity index is 1.21. The molecule has 11 heteroatoms. The monoisotopic (exact) mass is 716 g/mol. The number of ether oxygens (including phenoxy) is 4. The number of amides is 1. The van der Waals surface area contributed by atoms with Gasteiger partial charge in [0.25, 0.3) is 0 Å². The zero-order valence-corrected chi connectivity index (χ0v) is 29.8. The Hall–Kier alpha value is -7.19. The summed E-state index contributed by atoms with van der Waals surface area (Å²) in [4.78, 5) is 30.6. The van der Waals surface area contributed by atoms with Crippen LogP contribution in [0.5, 0.6) is 29.1 Å². The fourth-order valence-electron chi connectivity index (χ4n) is 5.72. The van der Waals surface area contributed by atoms with Gasteiger partial charge in [0.05, 0.1) is 23.9 Å². The maximum absolute atomic E-state index is 13.0. The predicted octanol–water partition coefficient (Wildman–Crippen LogP) is 8.64. The summed E-state index contributed by atoms with van der Waals surface area (Å²) < 4.78 is 24.4. The molecule has 0 spiro atoms. The second kappa shape index (κ2) is 16.4. The maximum atomic E-state index is 13.0. The average Bonchev–Trinajstić information content (AvgIpc) is 3.65. The first-order chi connectivity index (χ1) is 26.4. The molecular formula is C43H36N6O5. The van der Waals surface area contributed by atoms with Gasteiger partial charge in [0.1, 0.15) is 24.8 Å². The molecule has 0 aliphatic carbocycles. The molecule has 0 fully saturated rings.